The summed E-state index contributed by atoms with van der Waals surface area (Å²) in [6, 6.07) is 13.3. The maximum absolute atomic E-state index is 13.1. The monoisotopic (exact) mass is 476 g/mol. The molecule has 0 saturated carbocycles. The maximum atomic E-state index is 13.1. The van der Waals surface area contributed by atoms with E-state index in [2.05, 4.69) is 4.98 Å². The molecule has 9 heteroatoms. The van der Waals surface area contributed by atoms with Gasteiger partial charge in [-0.15, -0.1) is 0 Å². The van der Waals surface area contributed by atoms with Gasteiger partial charge in [-0.1, -0.05) is 49.9 Å². The summed E-state index contributed by atoms with van der Waals surface area (Å²) in [7, 11) is -2.43. The summed E-state index contributed by atoms with van der Waals surface area (Å²) in [5.74, 6) is 0.189. The number of aromatic nitrogens is 1. The first-order chi connectivity index (χ1) is 15.2. The van der Waals surface area contributed by atoms with Gasteiger partial charge in [-0.05, 0) is 49.1 Å². The van der Waals surface area contributed by atoms with Gasteiger partial charge in [0, 0.05) is 12.8 Å². The summed E-state index contributed by atoms with van der Waals surface area (Å²) >= 11 is 1.44. The average molecular weight is 477 g/mol. The second kappa shape index (κ2) is 10.5. The van der Waals surface area contributed by atoms with E-state index in [1.807, 2.05) is 38.1 Å². The normalized spacial score (nSPS) is 13.1. The SMILES string of the molecule is CCOC(=O)[C@H](CC(C)C)N(C)S(=O)(=O)c1ccc(CSc2nc3ccccc3o2)cc1. The van der Waals surface area contributed by atoms with E-state index in [0.29, 0.717) is 17.4 Å². The first-order valence-electron chi connectivity index (χ1n) is 10.4. The molecule has 0 saturated heterocycles. The second-order valence-corrected chi connectivity index (χ2v) is 10.7. The molecular formula is C23H28N2O5S2. The van der Waals surface area contributed by atoms with Crippen LogP contribution in [-0.4, -0.2) is 43.4 Å². The Labute approximate surface area is 193 Å². The number of ether oxygens (including phenoxy) is 1. The third-order valence-electron chi connectivity index (χ3n) is 4.93. The predicted octanol–water partition coefficient (Wildman–Crippen LogP) is 4.72. The molecule has 0 aliphatic rings. The summed E-state index contributed by atoms with van der Waals surface area (Å²) < 4.78 is 38.2. The van der Waals surface area contributed by atoms with Crippen LogP contribution in [0.3, 0.4) is 0 Å². The van der Waals surface area contributed by atoms with Crippen molar-refractivity contribution in [3.05, 3.63) is 54.1 Å². The van der Waals surface area contributed by atoms with Gasteiger partial charge in [0.2, 0.25) is 10.0 Å². The van der Waals surface area contributed by atoms with E-state index < -0.39 is 22.0 Å². The van der Waals surface area contributed by atoms with Gasteiger partial charge < -0.3 is 9.15 Å². The predicted molar refractivity (Wildman–Crippen MR) is 125 cm³/mol. The number of hydrogen-bond donors (Lipinski definition) is 0. The van der Waals surface area contributed by atoms with Crippen LogP contribution >= 0.6 is 11.8 Å². The van der Waals surface area contributed by atoms with Crippen molar-refractivity contribution in [2.75, 3.05) is 13.7 Å². The standard InChI is InChI=1S/C23H28N2O5S2/c1-5-29-22(26)20(14-16(2)3)25(4)32(27,28)18-12-10-17(11-13-18)15-31-23-24-19-8-6-7-9-21(19)30-23/h6-13,16,20H,5,14-15H2,1-4H3/t20-/m0/s1. The fourth-order valence-corrected chi connectivity index (χ4v) is 5.34. The van der Waals surface area contributed by atoms with E-state index in [9.17, 15) is 13.2 Å². The van der Waals surface area contributed by atoms with Crippen molar-refractivity contribution >= 4 is 38.9 Å². The number of para-hydroxylation sites is 2. The van der Waals surface area contributed by atoms with Gasteiger partial charge in [-0.25, -0.2) is 13.4 Å². The Bertz CT molecular complexity index is 1120. The lowest BCUT2D eigenvalue weighted by Crippen LogP contribution is -2.44. The molecular weight excluding hydrogens is 448 g/mol. The zero-order chi connectivity index (χ0) is 23.3. The van der Waals surface area contributed by atoms with Crippen molar-refractivity contribution < 1.29 is 22.4 Å². The van der Waals surface area contributed by atoms with E-state index in [-0.39, 0.29) is 17.4 Å². The van der Waals surface area contributed by atoms with Crippen molar-refractivity contribution in [2.24, 2.45) is 5.92 Å². The van der Waals surface area contributed by atoms with Crippen molar-refractivity contribution in [1.82, 2.24) is 9.29 Å². The Kier molecular flexibility index (Phi) is 7.97. The van der Waals surface area contributed by atoms with Gasteiger partial charge in [0.25, 0.3) is 5.22 Å². The minimum absolute atomic E-state index is 0.133. The molecule has 0 amide bonds. The molecule has 3 rings (SSSR count). The van der Waals surface area contributed by atoms with E-state index in [1.165, 1.54) is 18.8 Å². The molecule has 0 N–H and O–H groups in total. The summed E-state index contributed by atoms with van der Waals surface area (Å²) in [5.41, 5.74) is 2.47. The van der Waals surface area contributed by atoms with Crippen molar-refractivity contribution in [1.29, 1.82) is 0 Å². The number of carbonyl (C=O) groups excluding carboxylic acids is 1. The van der Waals surface area contributed by atoms with Crippen LogP contribution < -0.4 is 0 Å². The third-order valence-corrected chi connectivity index (χ3v) is 7.71. The van der Waals surface area contributed by atoms with Gasteiger partial charge in [-0.3, -0.25) is 4.79 Å². The van der Waals surface area contributed by atoms with E-state index in [0.717, 1.165) is 21.0 Å². The Morgan fingerprint density at radius 2 is 1.84 bits per heavy atom. The first kappa shape index (κ1) is 24.3. The first-order valence-corrected chi connectivity index (χ1v) is 12.9. The molecule has 0 fully saturated rings. The minimum atomic E-state index is -3.85. The molecule has 172 valence electrons. The number of esters is 1. The fraction of sp³-hybridized carbons (Fsp3) is 0.391. The molecule has 0 spiro atoms. The highest BCUT2D eigenvalue weighted by Crippen LogP contribution is 2.27. The number of oxazole rings is 1. The highest BCUT2D eigenvalue weighted by molar-refractivity contribution is 7.98. The van der Waals surface area contributed by atoms with Crippen LogP contribution in [0.15, 0.2) is 63.1 Å². The van der Waals surface area contributed by atoms with Gasteiger partial charge >= 0.3 is 5.97 Å². The number of benzene rings is 2. The summed E-state index contributed by atoms with van der Waals surface area (Å²) in [6.45, 7) is 5.79. The fourth-order valence-electron chi connectivity index (χ4n) is 3.23. The van der Waals surface area contributed by atoms with Crippen LogP contribution in [0.2, 0.25) is 0 Å². The number of carbonyl (C=O) groups is 1. The molecule has 1 atom stereocenters. The molecule has 0 bridgehead atoms. The summed E-state index contributed by atoms with van der Waals surface area (Å²) in [4.78, 5) is 17.0. The number of rotatable bonds is 10. The van der Waals surface area contributed by atoms with Crippen molar-refractivity contribution in [3.8, 4) is 0 Å². The van der Waals surface area contributed by atoms with E-state index >= 15 is 0 Å². The molecule has 2 aromatic carbocycles. The second-order valence-electron chi connectivity index (χ2n) is 7.80. The lowest BCUT2D eigenvalue weighted by atomic mass is 10.0. The van der Waals surface area contributed by atoms with Gasteiger partial charge in [0.05, 0.1) is 11.5 Å². The highest BCUT2D eigenvalue weighted by atomic mass is 32.2. The Morgan fingerprint density at radius 1 is 1.16 bits per heavy atom. The molecule has 0 aliphatic heterocycles. The topological polar surface area (TPSA) is 89.7 Å². The van der Waals surface area contributed by atoms with Crippen molar-refractivity contribution in [2.45, 2.75) is 49.1 Å². The lowest BCUT2D eigenvalue weighted by Gasteiger charge is -2.27. The quantitative estimate of drug-likeness (QED) is 0.309. The maximum Gasteiger partial charge on any atom is 0.324 e. The number of fused-ring (bicyclic) bond motifs is 1. The zero-order valence-corrected chi connectivity index (χ0v) is 20.3. The van der Waals surface area contributed by atoms with Gasteiger partial charge in [0.15, 0.2) is 5.58 Å². The average Bonchev–Trinajstić information content (AvgIpc) is 3.19. The number of hydrogen-bond acceptors (Lipinski definition) is 7. The third kappa shape index (κ3) is 5.70. The molecule has 1 heterocycles. The van der Waals surface area contributed by atoms with Crippen molar-refractivity contribution in [3.63, 3.8) is 0 Å². The number of thioether (sulfide) groups is 1. The van der Waals surface area contributed by atoms with Crippen LogP contribution in [0.25, 0.3) is 11.1 Å². The van der Waals surface area contributed by atoms with Crippen LogP contribution in [0.1, 0.15) is 32.8 Å². The van der Waals surface area contributed by atoms with E-state index in [4.69, 9.17) is 9.15 Å². The molecule has 7 nitrogen and oxygen atoms in total. The number of nitrogens with zero attached hydrogens (tertiary/aromatic N) is 2. The molecule has 0 aliphatic carbocycles. The van der Waals surface area contributed by atoms with Crippen LogP contribution in [0.4, 0.5) is 0 Å². The van der Waals surface area contributed by atoms with Crippen LogP contribution in [0, 0.1) is 5.92 Å². The highest BCUT2D eigenvalue weighted by Gasteiger charge is 2.34. The lowest BCUT2D eigenvalue weighted by molar-refractivity contribution is -0.147. The molecule has 3 aromatic rings. The smallest absolute Gasteiger partial charge is 0.324 e. The molecule has 0 radical (unpaired) electrons. The largest absolute Gasteiger partial charge is 0.465 e. The molecule has 0 unspecified atom stereocenters. The Balaban J connectivity index is 1.71. The summed E-state index contributed by atoms with van der Waals surface area (Å²) in [5, 5.41) is 0.564. The Morgan fingerprint density at radius 3 is 2.47 bits per heavy atom. The number of likely N-dealkylation sites (N-methyl/N-ethyl adjacent to an activating group) is 1. The van der Waals surface area contributed by atoms with Crippen LogP contribution in [0.5, 0.6) is 0 Å². The zero-order valence-electron chi connectivity index (χ0n) is 18.6. The number of sulfonamides is 1. The van der Waals surface area contributed by atoms with E-state index in [1.54, 1.807) is 31.2 Å². The summed E-state index contributed by atoms with van der Waals surface area (Å²) in [6.07, 6.45) is 0.383. The van der Waals surface area contributed by atoms with Gasteiger partial charge in [-0.2, -0.15) is 4.31 Å². The Hall–Kier alpha value is -2.36. The molecule has 32 heavy (non-hydrogen) atoms. The van der Waals surface area contributed by atoms with Gasteiger partial charge in [0.1, 0.15) is 11.6 Å². The minimum Gasteiger partial charge on any atom is -0.465 e. The molecule has 1 aromatic heterocycles. The van der Waals surface area contributed by atoms with Crippen LogP contribution in [-0.2, 0) is 25.3 Å².